The van der Waals surface area contributed by atoms with Gasteiger partial charge in [0.1, 0.15) is 0 Å². The van der Waals surface area contributed by atoms with Crippen LogP contribution in [0.15, 0.2) is 0 Å². The van der Waals surface area contributed by atoms with Gasteiger partial charge in [0.15, 0.2) is 0 Å². The highest BCUT2D eigenvalue weighted by Crippen LogP contribution is 2.28. The van der Waals surface area contributed by atoms with E-state index in [4.69, 9.17) is 0 Å². The molecule has 1 aliphatic heterocycles. The first-order chi connectivity index (χ1) is 7.61. The van der Waals surface area contributed by atoms with E-state index >= 15 is 0 Å². The van der Waals surface area contributed by atoms with Gasteiger partial charge in [-0.1, -0.05) is 19.3 Å². The lowest BCUT2D eigenvalue weighted by Gasteiger charge is -2.36. The average Bonchev–Trinajstić information content (AvgIpc) is 2.65. The van der Waals surface area contributed by atoms with E-state index in [9.17, 15) is 4.79 Å². The van der Waals surface area contributed by atoms with Crippen molar-refractivity contribution >= 4 is 5.91 Å². The van der Waals surface area contributed by atoms with Crippen molar-refractivity contribution in [1.82, 2.24) is 10.2 Å². The average molecular weight is 224 g/mol. The van der Waals surface area contributed by atoms with E-state index < -0.39 is 0 Å². The first-order valence-corrected chi connectivity index (χ1v) is 6.63. The minimum atomic E-state index is 0.0682. The molecule has 1 aliphatic carbocycles. The van der Waals surface area contributed by atoms with Gasteiger partial charge in [0.25, 0.3) is 0 Å². The summed E-state index contributed by atoms with van der Waals surface area (Å²) in [5.74, 6) is 0.254. The Kier molecular flexibility index (Phi) is 3.53. The van der Waals surface area contributed by atoms with Crippen LogP contribution in [-0.4, -0.2) is 36.0 Å². The topological polar surface area (TPSA) is 32.3 Å². The van der Waals surface area contributed by atoms with Crippen LogP contribution in [0, 0.1) is 0 Å². The number of carbonyl (C=O) groups excluding carboxylic acids is 1. The third-order valence-electron chi connectivity index (χ3n) is 4.21. The molecule has 92 valence electrons. The van der Waals surface area contributed by atoms with E-state index in [-0.39, 0.29) is 17.5 Å². The van der Waals surface area contributed by atoms with Crippen LogP contribution in [0.4, 0.5) is 0 Å². The molecule has 16 heavy (non-hydrogen) atoms. The molecule has 3 nitrogen and oxygen atoms in total. The summed E-state index contributed by atoms with van der Waals surface area (Å²) in [4.78, 5) is 14.4. The Labute approximate surface area is 98.6 Å². The summed E-state index contributed by atoms with van der Waals surface area (Å²) >= 11 is 0. The van der Waals surface area contributed by atoms with E-state index in [0.717, 1.165) is 32.2 Å². The Hall–Kier alpha value is -0.570. The minimum absolute atomic E-state index is 0.0682. The van der Waals surface area contributed by atoms with Crippen LogP contribution in [0.3, 0.4) is 0 Å². The fraction of sp³-hybridized carbons (Fsp3) is 0.923. The van der Waals surface area contributed by atoms with Gasteiger partial charge in [-0.25, -0.2) is 0 Å². The van der Waals surface area contributed by atoms with E-state index in [1.165, 1.54) is 19.3 Å². The largest absolute Gasteiger partial charge is 0.350 e. The number of carbonyl (C=O) groups is 1. The molecule has 1 heterocycles. The summed E-state index contributed by atoms with van der Waals surface area (Å²) in [5.41, 5.74) is 0.0682. The predicted molar refractivity (Wildman–Crippen MR) is 65.3 cm³/mol. The normalized spacial score (nSPS) is 30.2. The molecule has 0 radical (unpaired) electrons. The maximum absolute atomic E-state index is 12.2. The number of likely N-dealkylation sites (tertiary alicyclic amines) is 1. The smallest absolute Gasteiger partial charge is 0.237 e. The maximum atomic E-state index is 12.2. The van der Waals surface area contributed by atoms with Gasteiger partial charge in [0.2, 0.25) is 5.91 Å². The van der Waals surface area contributed by atoms with Crippen LogP contribution >= 0.6 is 0 Å². The third-order valence-corrected chi connectivity index (χ3v) is 4.21. The van der Waals surface area contributed by atoms with Crippen LogP contribution < -0.4 is 5.32 Å². The number of nitrogens with one attached hydrogen (secondary N) is 1. The SMILES string of the molecule is CN1CCC[C@H]1C(=O)NC1(C)CCCCC1. The fourth-order valence-electron chi connectivity index (χ4n) is 3.08. The molecule has 2 fully saturated rings. The molecular weight excluding hydrogens is 200 g/mol. The lowest BCUT2D eigenvalue weighted by atomic mass is 9.83. The maximum Gasteiger partial charge on any atom is 0.237 e. The summed E-state index contributed by atoms with van der Waals surface area (Å²) in [6.45, 7) is 3.27. The molecular formula is C13H24N2O. The van der Waals surface area contributed by atoms with Gasteiger partial charge in [-0.2, -0.15) is 0 Å². The fourth-order valence-corrected chi connectivity index (χ4v) is 3.08. The molecule has 1 amide bonds. The quantitative estimate of drug-likeness (QED) is 0.777. The van der Waals surface area contributed by atoms with Crippen molar-refractivity contribution in [3.63, 3.8) is 0 Å². The van der Waals surface area contributed by atoms with Crippen LogP contribution in [0.1, 0.15) is 51.9 Å². The molecule has 2 rings (SSSR count). The summed E-state index contributed by atoms with van der Waals surface area (Å²) in [6, 6.07) is 0.124. The van der Waals surface area contributed by atoms with Crippen molar-refractivity contribution in [3.05, 3.63) is 0 Å². The number of hydrogen-bond acceptors (Lipinski definition) is 2. The van der Waals surface area contributed by atoms with Gasteiger partial charge in [0.05, 0.1) is 6.04 Å². The lowest BCUT2D eigenvalue weighted by molar-refractivity contribution is -0.127. The highest BCUT2D eigenvalue weighted by atomic mass is 16.2. The van der Waals surface area contributed by atoms with Gasteiger partial charge in [-0.3, -0.25) is 9.69 Å². The molecule has 0 spiro atoms. The minimum Gasteiger partial charge on any atom is -0.350 e. The molecule has 0 aromatic heterocycles. The summed E-state index contributed by atoms with van der Waals surface area (Å²) < 4.78 is 0. The monoisotopic (exact) mass is 224 g/mol. The van der Waals surface area contributed by atoms with Crippen molar-refractivity contribution in [3.8, 4) is 0 Å². The first kappa shape index (κ1) is 11.9. The lowest BCUT2D eigenvalue weighted by Crippen LogP contribution is -2.52. The Morgan fingerprint density at radius 3 is 2.50 bits per heavy atom. The van der Waals surface area contributed by atoms with Crippen molar-refractivity contribution < 1.29 is 4.79 Å². The Morgan fingerprint density at radius 1 is 1.25 bits per heavy atom. The summed E-state index contributed by atoms with van der Waals surface area (Å²) in [6.07, 6.45) is 8.33. The number of amides is 1. The Morgan fingerprint density at radius 2 is 1.94 bits per heavy atom. The molecule has 0 aromatic rings. The van der Waals surface area contributed by atoms with Crippen LogP contribution in [0.25, 0.3) is 0 Å². The van der Waals surface area contributed by atoms with Gasteiger partial charge < -0.3 is 5.32 Å². The highest BCUT2D eigenvalue weighted by molar-refractivity contribution is 5.82. The Bertz CT molecular complexity index is 259. The molecule has 0 bridgehead atoms. The molecule has 0 aromatic carbocycles. The van der Waals surface area contributed by atoms with E-state index in [1.54, 1.807) is 0 Å². The van der Waals surface area contributed by atoms with Gasteiger partial charge >= 0.3 is 0 Å². The molecule has 1 saturated carbocycles. The molecule has 3 heteroatoms. The zero-order valence-corrected chi connectivity index (χ0v) is 10.6. The van der Waals surface area contributed by atoms with Gasteiger partial charge in [-0.05, 0) is 46.2 Å². The van der Waals surface area contributed by atoms with E-state index in [0.29, 0.717) is 0 Å². The zero-order chi connectivity index (χ0) is 11.6. The first-order valence-electron chi connectivity index (χ1n) is 6.63. The van der Waals surface area contributed by atoms with Crippen molar-refractivity contribution in [2.45, 2.75) is 63.5 Å². The summed E-state index contributed by atoms with van der Waals surface area (Å²) in [5, 5.41) is 3.29. The van der Waals surface area contributed by atoms with Crippen LogP contribution in [0.5, 0.6) is 0 Å². The number of nitrogens with zero attached hydrogens (tertiary/aromatic N) is 1. The third kappa shape index (κ3) is 2.57. The second-order valence-electron chi connectivity index (χ2n) is 5.75. The van der Waals surface area contributed by atoms with Gasteiger partial charge in [0, 0.05) is 5.54 Å². The molecule has 1 saturated heterocycles. The predicted octanol–water partition coefficient (Wildman–Crippen LogP) is 1.92. The second-order valence-corrected chi connectivity index (χ2v) is 5.75. The zero-order valence-electron chi connectivity index (χ0n) is 10.6. The number of likely N-dealkylation sites (N-methyl/N-ethyl adjacent to an activating group) is 1. The van der Waals surface area contributed by atoms with Crippen molar-refractivity contribution in [2.24, 2.45) is 0 Å². The molecule has 0 unspecified atom stereocenters. The molecule has 1 N–H and O–H groups in total. The Balaban J connectivity index is 1.90. The number of hydrogen-bond donors (Lipinski definition) is 1. The van der Waals surface area contributed by atoms with Crippen LogP contribution in [0.2, 0.25) is 0 Å². The molecule has 2 aliphatic rings. The van der Waals surface area contributed by atoms with Crippen molar-refractivity contribution in [2.75, 3.05) is 13.6 Å². The molecule has 1 atom stereocenters. The standard InChI is InChI=1S/C13H24N2O/c1-13(8-4-3-5-9-13)14-12(16)11-7-6-10-15(11)2/h11H,3-10H2,1-2H3,(H,14,16)/t11-/m0/s1. The highest BCUT2D eigenvalue weighted by Gasteiger charge is 2.34. The number of rotatable bonds is 2. The second kappa shape index (κ2) is 4.74. The van der Waals surface area contributed by atoms with E-state index in [2.05, 4.69) is 24.2 Å². The summed E-state index contributed by atoms with van der Waals surface area (Å²) in [7, 11) is 2.06. The van der Waals surface area contributed by atoms with E-state index in [1.807, 2.05) is 0 Å². The van der Waals surface area contributed by atoms with Crippen molar-refractivity contribution in [1.29, 1.82) is 0 Å². The van der Waals surface area contributed by atoms with Gasteiger partial charge in [-0.15, -0.1) is 0 Å². The van der Waals surface area contributed by atoms with Crippen LogP contribution in [-0.2, 0) is 4.79 Å².